The van der Waals surface area contributed by atoms with E-state index in [2.05, 4.69) is 26.2 Å². The fourth-order valence-electron chi connectivity index (χ4n) is 2.30. The third kappa shape index (κ3) is 5.09. The number of rotatable bonds is 5. The van der Waals surface area contributed by atoms with Crippen molar-refractivity contribution in [3.63, 3.8) is 0 Å². The number of anilines is 1. The minimum atomic E-state index is -0.626. The summed E-state index contributed by atoms with van der Waals surface area (Å²) in [5.41, 5.74) is 0.501. The van der Waals surface area contributed by atoms with Crippen LogP contribution in [-0.4, -0.2) is 51.1 Å². The topological polar surface area (TPSA) is 120 Å². The van der Waals surface area contributed by atoms with Gasteiger partial charge in [0, 0.05) is 18.2 Å². The van der Waals surface area contributed by atoms with E-state index in [4.69, 9.17) is 9.47 Å². The molecule has 0 fully saturated rings. The van der Waals surface area contributed by atoms with Gasteiger partial charge in [0.25, 0.3) is 0 Å². The first kappa shape index (κ1) is 19.0. The second kappa shape index (κ2) is 8.71. The van der Waals surface area contributed by atoms with Crippen LogP contribution in [0.3, 0.4) is 0 Å². The summed E-state index contributed by atoms with van der Waals surface area (Å²) in [5.74, 6) is 0.758. The van der Waals surface area contributed by atoms with E-state index in [0.29, 0.717) is 35.6 Å². The Morgan fingerprint density at radius 1 is 1.26 bits per heavy atom. The molecule has 1 aliphatic rings. The molecule has 2 N–H and O–H groups in total. The maximum Gasteiger partial charge on any atom is 0.325 e. The smallest absolute Gasteiger partial charge is 0.325 e. The Balaban J connectivity index is 1.51. The molecule has 3 rings (SSSR count). The predicted molar refractivity (Wildman–Crippen MR) is 98.1 cm³/mol. The van der Waals surface area contributed by atoms with Crippen molar-refractivity contribution in [1.29, 1.82) is 0 Å². The number of benzene rings is 1. The fraction of sp³-hybridized carbons (Fsp3) is 0.438. The van der Waals surface area contributed by atoms with Gasteiger partial charge in [0.15, 0.2) is 11.5 Å². The van der Waals surface area contributed by atoms with Gasteiger partial charge in [0.05, 0.1) is 25.0 Å². The maximum absolute atomic E-state index is 12.0. The van der Waals surface area contributed by atoms with Crippen molar-refractivity contribution in [2.45, 2.75) is 31.5 Å². The van der Waals surface area contributed by atoms with Crippen molar-refractivity contribution >= 4 is 29.4 Å². The Labute approximate surface area is 160 Å². The zero-order chi connectivity index (χ0) is 19.2. The minimum Gasteiger partial charge on any atom is -0.490 e. The summed E-state index contributed by atoms with van der Waals surface area (Å²) in [7, 11) is 0. The highest BCUT2D eigenvalue weighted by Gasteiger charge is 2.15. The minimum absolute atomic E-state index is 0.0155. The number of tetrazole rings is 1. The second-order valence-corrected chi connectivity index (χ2v) is 6.95. The number of aromatic nitrogens is 4. The summed E-state index contributed by atoms with van der Waals surface area (Å²) < 4.78 is 12.7. The van der Waals surface area contributed by atoms with Crippen molar-refractivity contribution < 1.29 is 19.1 Å². The van der Waals surface area contributed by atoms with E-state index in [9.17, 15) is 9.59 Å². The Morgan fingerprint density at radius 3 is 2.81 bits per heavy atom. The first-order chi connectivity index (χ1) is 13.0. The number of hydrogen-bond acceptors (Lipinski definition) is 8. The summed E-state index contributed by atoms with van der Waals surface area (Å²) in [6.45, 7) is 5.01. The summed E-state index contributed by atoms with van der Waals surface area (Å²) in [5, 5.41) is 16.7. The number of hydrogen-bond donors (Lipinski definition) is 2. The number of fused-ring (bicyclic) bond motifs is 1. The summed E-state index contributed by atoms with van der Waals surface area (Å²) in [4.78, 5) is 24.0. The number of nitrogens with zero attached hydrogens (tertiary/aromatic N) is 4. The number of carbonyl (C=O) groups is 2. The van der Waals surface area contributed by atoms with Crippen LogP contribution >= 0.6 is 11.8 Å². The standard InChI is InChI=1S/C16H20N6O4S/c1-10(2)22-16(19-20-21-22)27-9-14(23)18-15(24)17-11-4-5-12-13(8-11)26-7-3-6-25-12/h4-5,8,10H,3,6-7,9H2,1-2H3,(H2,17,18,23,24). The highest BCUT2D eigenvalue weighted by molar-refractivity contribution is 7.99. The molecule has 3 amide bonds. The Morgan fingerprint density at radius 2 is 2.04 bits per heavy atom. The van der Waals surface area contributed by atoms with Crippen LogP contribution in [0.2, 0.25) is 0 Å². The van der Waals surface area contributed by atoms with E-state index >= 15 is 0 Å². The molecule has 1 aromatic heterocycles. The van der Waals surface area contributed by atoms with Crippen LogP contribution in [0.25, 0.3) is 0 Å². The molecule has 1 aromatic carbocycles. The quantitative estimate of drug-likeness (QED) is 0.740. The predicted octanol–water partition coefficient (Wildman–Crippen LogP) is 1.86. The van der Waals surface area contributed by atoms with Gasteiger partial charge in [-0.15, -0.1) is 5.10 Å². The average Bonchev–Trinajstić information content (AvgIpc) is 2.98. The lowest BCUT2D eigenvalue weighted by Crippen LogP contribution is -2.35. The van der Waals surface area contributed by atoms with Gasteiger partial charge in [0.1, 0.15) is 0 Å². The normalized spacial score (nSPS) is 13.1. The van der Waals surface area contributed by atoms with E-state index in [1.54, 1.807) is 22.9 Å². The number of thioether (sulfide) groups is 1. The molecular formula is C16H20N6O4S. The molecule has 2 heterocycles. The van der Waals surface area contributed by atoms with Gasteiger partial charge in [-0.2, -0.15) is 0 Å². The number of nitrogens with one attached hydrogen (secondary N) is 2. The SMILES string of the molecule is CC(C)n1nnnc1SCC(=O)NC(=O)Nc1ccc2c(c1)OCCCO2. The van der Waals surface area contributed by atoms with E-state index in [1.165, 1.54) is 0 Å². The van der Waals surface area contributed by atoms with Crippen molar-refractivity contribution in [3.05, 3.63) is 18.2 Å². The second-order valence-electron chi connectivity index (χ2n) is 6.00. The molecule has 1 aliphatic heterocycles. The highest BCUT2D eigenvalue weighted by Crippen LogP contribution is 2.32. The molecule has 2 aromatic rings. The van der Waals surface area contributed by atoms with Crippen molar-refractivity contribution in [1.82, 2.24) is 25.5 Å². The van der Waals surface area contributed by atoms with Crippen LogP contribution < -0.4 is 20.1 Å². The van der Waals surface area contributed by atoms with Crippen LogP contribution in [0.5, 0.6) is 11.5 Å². The van der Waals surface area contributed by atoms with Crippen molar-refractivity contribution in [2.75, 3.05) is 24.3 Å². The third-order valence-electron chi connectivity index (χ3n) is 3.54. The number of imide groups is 1. The Hall–Kier alpha value is -2.82. The van der Waals surface area contributed by atoms with Gasteiger partial charge in [-0.1, -0.05) is 11.8 Å². The molecule has 0 unspecified atom stereocenters. The van der Waals surface area contributed by atoms with Crippen LogP contribution in [0.4, 0.5) is 10.5 Å². The van der Waals surface area contributed by atoms with E-state index in [1.807, 2.05) is 13.8 Å². The molecule has 0 bridgehead atoms. The average molecular weight is 392 g/mol. The van der Waals surface area contributed by atoms with Gasteiger partial charge in [-0.05, 0) is 36.4 Å². The largest absolute Gasteiger partial charge is 0.490 e. The van der Waals surface area contributed by atoms with Crippen LogP contribution in [0, 0.1) is 0 Å². The molecule has 0 spiro atoms. The lowest BCUT2D eigenvalue weighted by atomic mass is 10.3. The number of amides is 3. The van der Waals surface area contributed by atoms with Gasteiger partial charge in [0.2, 0.25) is 11.1 Å². The van der Waals surface area contributed by atoms with Gasteiger partial charge < -0.3 is 14.8 Å². The number of ether oxygens (including phenoxy) is 2. The summed E-state index contributed by atoms with van der Waals surface area (Å²) in [6, 6.07) is 4.52. The van der Waals surface area contributed by atoms with E-state index < -0.39 is 11.9 Å². The van der Waals surface area contributed by atoms with E-state index in [0.717, 1.165) is 18.2 Å². The number of urea groups is 1. The maximum atomic E-state index is 12.0. The molecule has 11 heteroatoms. The van der Waals surface area contributed by atoms with Gasteiger partial charge in [-0.3, -0.25) is 10.1 Å². The molecule has 27 heavy (non-hydrogen) atoms. The highest BCUT2D eigenvalue weighted by atomic mass is 32.2. The molecule has 0 saturated heterocycles. The van der Waals surface area contributed by atoms with Crippen molar-refractivity contribution in [3.8, 4) is 11.5 Å². The Bertz CT molecular complexity index is 825. The molecule has 0 atom stereocenters. The van der Waals surface area contributed by atoms with Crippen LogP contribution in [-0.2, 0) is 4.79 Å². The monoisotopic (exact) mass is 392 g/mol. The molecule has 0 aliphatic carbocycles. The van der Waals surface area contributed by atoms with Crippen LogP contribution in [0.1, 0.15) is 26.3 Å². The summed E-state index contributed by atoms with van der Waals surface area (Å²) in [6.07, 6.45) is 0.796. The lowest BCUT2D eigenvalue weighted by Gasteiger charge is -2.11. The first-order valence-electron chi connectivity index (χ1n) is 8.44. The van der Waals surface area contributed by atoms with Crippen molar-refractivity contribution in [2.24, 2.45) is 0 Å². The van der Waals surface area contributed by atoms with Gasteiger partial charge in [-0.25, -0.2) is 9.48 Å². The Kier molecular flexibility index (Phi) is 6.12. The molecule has 144 valence electrons. The third-order valence-corrected chi connectivity index (χ3v) is 4.48. The number of carbonyl (C=O) groups excluding carboxylic acids is 2. The lowest BCUT2D eigenvalue weighted by molar-refractivity contribution is -0.117. The van der Waals surface area contributed by atoms with Crippen LogP contribution in [0.15, 0.2) is 23.4 Å². The van der Waals surface area contributed by atoms with Gasteiger partial charge >= 0.3 is 6.03 Å². The zero-order valence-electron chi connectivity index (χ0n) is 15.0. The fourth-order valence-corrected chi connectivity index (χ4v) is 3.11. The molecule has 0 saturated carbocycles. The molecular weight excluding hydrogens is 372 g/mol. The zero-order valence-corrected chi connectivity index (χ0v) is 15.8. The molecule has 0 radical (unpaired) electrons. The first-order valence-corrected chi connectivity index (χ1v) is 9.42. The summed E-state index contributed by atoms with van der Waals surface area (Å²) >= 11 is 1.16. The van der Waals surface area contributed by atoms with E-state index in [-0.39, 0.29) is 11.8 Å². The molecule has 10 nitrogen and oxygen atoms in total.